The molecule has 1 saturated heterocycles. The van der Waals surface area contributed by atoms with Crippen LogP contribution >= 0.6 is 0 Å². The molecule has 1 unspecified atom stereocenters. The maximum absolute atomic E-state index is 12.4. The SMILES string of the molecule is O=C(Cn1ccc(C(F)(F)F)n1)N1C[C@H]2CC(O)C[C@H]2C1. The highest BCUT2D eigenvalue weighted by atomic mass is 19.4. The number of alkyl halides is 3. The molecule has 0 aromatic carbocycles. The Morgan fingerprint density at radius 3 is 2.48 bits per heavy atom. The zero-order valence-corrected chi connectivity index (χ0v) is 11.3. The van der Waals surface area contributed by atoms with Crippen molar-refractivity contribution in [3.63, 3.8) is 0 Å². The molecule has 5 nitrogen and oxygen atoms in total. The molecule has 2 aliphatic rings. The highest BCUT2D eigenvalue weighted by Gasteiger charge is 2.41. The van der Waals surface area contributed by atoms with Crippen LogP contribution < -0.4 is 0 Å². The second-order valence-corrected chi connectivity index (χ2v) is 5.84. The van der Waals surface area contributed by atoms with Crippen LogP contribution in [0.1, 0.15) is 18.5 Å². The fourth-order valence-corrected chi connectivity index (χ4v) is 3.31. The van der Waals surface area contributed by atoms with Gasteiger partial charge in [-0.05, 0) is 30.7 Å². The van der Waals surface area contributed by atoms with Crippen molar-refractivity contribution in [1.82, 2.24) is 14.7 Å². The molecule has 1 aliphatic carbocycles. The van der Waals surface area contributed by atoms with Crippen molar-refractivity contribution in [1.29, 1.82) is 0 Å². The topological polar surface area (TPSA) is 58.4 Å². The molecule has 0 spiro atoms. The van der Waals surface area contributed by atoms with Crippen LogP contribution in [0.15, 0.2) is 12.3 Å². The Balaban J connectivity index is 1.59. The summed E-state index contributed by atoms with van der Waals surface area (Å²) in [5.74, 6) is 0.398. The van der Waals surface area contributed by atoms with Gasteiger partial charge in [0.2, 0.25) is 5.91 Å². The molecular weight excluding hydrogens is 287 g/mol. The minimum Gasteiger partial charge on any atom is -0.393 e. The van der Waals surface area contributed by atoms with Gasteiger partial charge in [-0.25, -0.2) is 0 Å². The van der Waals surface area contributed by atoms with Crippen LogP contribution in [0.3, 0.4) is 0 Å². The molecule has 0 radical (unpaired) electrons. The standard InChI is InChI=1S/C13H16F3N3O2/c14-13(15,16)11-1-2-19(17-11)7-12(21)18-5-8-3-10(20)4-9(8)6-18/h1-2,8-10,20H,3-7H2/t8-,9+,10?. The monoisotopic (exact) mass is 303 g/mol. The number of amides is 1. The van der Waals surface area contributed by atoms with Crippen LogP contribution in [0, 0.1) is 11.8 Å². The number of hydrogen-bond donors (Lipinski definition) is 1. The number of nitrogens with zero attached hydrogens (tertiary/aromatic N) is 3. The largest absolute Gasteiger partial charge is 0.435 e. The maximum Gasteiger partial charge on any atom is 0.435 e. The lowest BCUT2D eigenvalue weighted by Crippen LogP contribution is -2.33. The van der Waals surface area contributed by atoms with E-state index in [1.807, 2.05) is 0 Å². The molecule has 116 valence electrons. The summed E-state index contributed by atoms with van der Waals surface area (Å²) < 4.78 is 38.3. The van der Waals surface area contributed by atoms with Gasteiger partial charge in [-0.1, -0.05) is 0 Å². The number of rotatable bonds is 2. The second-order valence-electron chi connectivity index (χ2n) is 5.84. The molecule has 21 heavy (non-hydrogen) atoms. The van der Waals surface area contributed by atoms with Gasteiger partial charge < -0.3 is 10.0 Å². The molecule has 1 amide bonds. The number of aliphatic hydroxyl groups excluding tert-OH is 1. The summed E-state index contributed by atoms with van der Waals surface area (Å²) in [6.45, 7) is 0.972. The first-order valence-corrected chi connectivity index (χ1v) is 6.89. The number of carbonyl (C=O) groups is 1. The molecule has 1 N–H and O–H groups in total. The zero-order chi connectivity index (χ0) is 15.2. The molecule has 1 aromatic rings. The first-order valence-electron chi connectivity index (χ1n) is 6.89. The number of likely N-dealkylation sites (tertiary alicyclic amines) is 1. The first kappa shape index (κ1) is 14.4. The van der Waals surface area contributed by atoms with Gasteiger partial charge in [0.1, 0.15) is 6.54 Å². The Kier molecular flexibility index (Phi) is 3.43. The normalized spacial score (nSPS) is 29.0. The van der Waals surface area contributed by atoms with Crippen LogP contribution in [0.5, 0.6) is 0 Å². The molecule has 3 atom stereocenters. The number of hydrogen-bond acceptors (Lipinski definition) is 3. The van der Waals surface area contributed by atoms with Gasteiger partial charge in [-0.3, -0.25) is 9.48 Å². The summed E-state index contributed by atoms with van der Waals surface area (Å²) in [7, 11) is 0. The van der Waals surface area contributed by atoms with Crippen molar-refractivity contribution >= 4 is 5.91 Å². The van der Waals surface area contributed by atoms with Gasteiger partial charge in [0.05, 0.1) is 6.10 Å². The van der Waals surface area contributed by atoms with Crippen molar-refractivity contribution in [2.24, 2.45) is 11.8 Å². The molecule has 2 fully saturated rings. The minimum atomic E-state index is -4.49. The van der Waals surface area contributed by atoms with E-state index in [0.717, 1.165) is 10.7 Å². The summed E-state index contributed by atoms with van der Waals surface area (Å²) in [4.78, 5) is 13.8. The van der Waals surface area contributed by atoms with E-state index < -0.39 is 11.9 Å². The van der Waals surface area contributed by atoms with Crippen molar-refractivity contribution in [3.05, 3.63) is 18.0 Å². The van der Waals surface area contributed by atoms with E-state index in [1.165, 1.54) is 6.20 Å². The summed E-state index contributed by atoms with van der Waals surface area (Å²) in [5.41, 5.74) is -0.989. The van der Waals surface area contributed by atoms with Gasteiger partial charge in [-0.2, -0.15) is 18.3 Å². The van der Waals surface area contributed by atoms with Crippen molar-refractivity contribution in [2.45, 2.75) is 31.7 Å². The van der Waals surface area contributed by atoms with E-state index in [0.29, 0.717) is 37.8 Å². The Hall–Kier alpha value is -1.57. The fourth-order valence-electron chi connectivity index (χ4n) is 3.31. The first-order chi connectivity index (χ1) is 9.83. The lowest BCUT2D eigenvalue weighted by atomic mass is 10.0. The Morgan fingerprint density at radius 2 is 1.95 bits per heavy atom. The van der Waals surface area contributed by atoms with Crippen LogP contribution in [0.25, 0.3) is 0 Å². The van der Waals surface area contributed by atoms with E-state index in [1.54, 1.807) is 4.90 Å². The van der Waals surface area contributed by atoms with E-state index in [-0.39, 0.29) is 18.6 Å². The molecule has 1 aliphatic heterocycles. The third-order valence-corrected chi connectivity index (χ3v) is 4.31. The quantitative estimate of drug-likeness (QED) is 0.891. The average molecular weight is 303 g/mol. The second kappa shape index (κ2) is 5.01. The Labute approximate surface area is 119 Å². The maximum atomic E-state index is 12.4. The van der Waals surface area contributed by atoms with Crippen LogP contribution in [0.2, 0.25) is 0 Å². The van der Waals surface area contributed by atoms with Crippen molar-refractivity contribution in [2.75, 3.05) is 13.1 Å². The molecule has 1 aromatic heterocycles. The van der Waals surface area contributed by atoms with Crippen LogP contribution in [0.4, 0.5) is 13.2 Å². The number of halogens is 3. The van der Waals surface area contributed by atoms with Crippen molar-refractivity contribution in [3.8, 4) is 0 Å². The zero-order valence-electron chi connectivity index (χ0n) is 11.3. The van der Waals surface area contributed by atoms with E-state index in [9.17, 15) is 23.1 Å². The number of carbonyl (C=O) groups excluding carboxylic acids is 1. The van der Waals surface area contributed by atoms with Crippen molar-refractivity contribution < 1.29 is 23.1 Å². The minimum absolute atomic E-state index is 0.182. The third kappa shape index (κ3) is 2.90. The number of fused-ring (bicyclic) bond motifs is 1. The fraction of sp³-hybridized carbons (Fsp3) is 0.692. The highest BCUT2D eigenvalue weighted by molar-refractivity contribution is 5.76. The predicted molar refractivity (Wildman–Crippen MR) is 66.0 cm³/mol. The third-order valence-electron chi connectivity index (χ3n) is 4.31. The lowest BCUT2D eigenvalue weighted by molar-refractivity contribution is -0.142. The smallest absolute Gasteiger partial charge is 0.393 e. The molecule has 3 rings (SSSR count). The van der Waals surface area contributed by atoms with E-state index >= 15 is 0 Å². The molecule has 2 heterocycles. The van der Waals surface area contributed by atoms with E-state index in [2.05, 4.69) is 5.10 Å². The van der Waals surface area contributed by atoms with Crippen LogP contribution in [-0.4, -0.2) is 44.9 Å². The summed E-state index contributed by atoms with van der Waals surface area (Å²) in [6.07, 6.45) is -2.20. The van der Waals surface area contributed by atoms with Gasteiger partial charge in [0, 0.05) is 19.3 Å². The van der Waals surface area contributed by atoms with Gasteiger partial charge >= 0.3 is 6.18 Å². The lowest BCUT2D eigenvalue weighted by Gasteiger charge is -2.18. The molecule has 8 heteroatoms. The Morgan fingerprint density at radius 1 is 1.33 bits per heavy atom. The highest BCUT2D eigenvalue weighted by Crippen LogP contribution is 2.38. The molecule has 1 saturated carbocycles. The summed E-state index contributed by atoms with van der Waals surface area (Å²) in [5, 5.41) is 12.9. The number of aromatic nitrogens is 2. The van der Waals surface area contributed by atoms with Crippen LogP contribution in [-0.2, 0) is 17.5 Å². The van der Waals surface area contributed by atoms with E-state index in [4.69, 9.17) is 0 Å². The number of aliphatic hydroxyl groups is 1. The summed E-state index contributed by atoms with van der Waals surface area (Å²) >= 11 is 0. The molecular formula is C13H16F3N3O2. The van der Waals surface area contributed by atoms with Gasteiger partial charge in [-0.15, -0.1) is 0 Å². The Bertz CT molecular complexity index is 529. The van der Waals surface area contributed by atoms with Gasteiger partial charge in [0.25, 0.3) is 0 Å². The van der Waals surface area contributed by atoms with Gasteiger partial charge in [0.15, 0.2) is 5.69 Å². The molecule has 0 bridgehead atoms. The predicted octanol–water partition coefficient (Wildman–Crippen LogP) is 1.13. The average Bonchev–Trinajstić information content (AvgIpc) is 3.01. The summed E-state index contributed by atoms with van der Waals surface area (Å²) in [6, 6.07) is 0.863.